The van der Waals surface area contributed by atoms with Gasteiger partial charge in [0.25, 0.3) is 0 Å². The summed E-state index contributed by atoms with van der Waals surface area (Å²) in [6.07, 6.45) is 7.07. The van der Waals surface area contributed by atoms with Crippen LogP contribution >= 0.6 is 22.6 Å². The molecule has 0 radical (unpaired) electrons. The number of halogens is 1. The van der Waals surface area contributed by atoms with Crippen LogP contribution in [0.15, 0.2) is 41.4 Å². The molecule has 25 heavy (non-hydrogen) atoms. The fourth-order valence-electron chi connectivity index (χ4n) is 2.12. The van der Waals surface area contributed by atoms with Gasteiger partial charge in [-0.15, -0.1) is 6.42 Å². The molecular weight excluding hydrogens is 429 g/mol. The summed E-state index contributed by atoms with van der Waals surface area (Å²) in [7, 11) is 0. The zero-order valence-electron chi connectivity index (χ0n) is 14.3. The molecule has 0 heterocycles. The first kappa shape index (κ1) is 19.1. The average molecular weight is 449 g/mol. The lowest BCUT2D eigenvalue weighted by molar-refractivity contribution is 0.298. The number of aliphatic imine (C=N–C) groups is 1. The summed E-state index contributed by atoms with van der Waals surface area (Å²) >= 11 is 2.21. The molecule has 0 bridgehead atoms. The van der Waals surface area contributed by atoms with E-state index >= 15 is 0 Å². The van der Waals surface area contributed by atoms with Crippen LogP contribution in [0.1, 0.15) is 19.4 Å². The van der Waals surface area contributed by atoms with E-state index in [1.54, 1.807) is 6.21 Å². The lowest BCUT2D eigenvalue weighted by atomic mass is 10.2. The second-order valence-electron chi connectivity index (χ2n) is 4.94. The van der Waals surface area contributed by atoms with E-state index in [-0.39, 0.29) is 6.61 Å². The predicted octanol–water partition coefficient (Wildman–Crippen LogP) is 4.85. The summed E-state index contributed by atoms with van der Waals surface area (Å²) in [5.74, 6) is 4.64. The van der Waals surface area contributed by atoms with E-state index in [0.29, 0.717) is 24.7 Å². The van der Waals surface area contributed by atoms with Gasteiger partial charge in [0.15, 0.2) is 11.5 Å². The van der Waals surface area contributed by atoms with E-state index < -0.39 is 0 Å². The first-order chi connectivity index (χ1) is 12.2. The van der Waals surface area contributed by atoms with E-state index in [2.05, 4.69) is 33.5 Å². The van der Waals surface area contributed by atoms with Crippen molar-refractivity contribution in [3.63, 3.8) is 0 Å². The van der Waals surface area contributed by atoms with Gasteiger partial charge in [-0.3, -0.25) is 4.99 Å². The van der Waals surface area contributed by atoms with Gasteiger partial charge in [0.1, 0.15) is 12.4 Å². The van der Waals surface area contributed by atoms with Crippen LogP contribution in [-0.2, 0) is 0 Å². The van der Waals surface area contributed by atoms with Gasteiger partial charge in [-0.2, -0.15) is 0 Å². The fourth-order valence-corrected chi connectivity index (χ4v) is 2.90. The lowest BCUT2D eigenvalue weighted by Gasteiger charge is -2.13. The van der Waals surface area contributed by atoms with Gasteiger partial charge in [-0.05, 0) is 78.4 Å². The number of rotatable bonds is 8. The number of terminal acetylenes is 1. The molecule has 4 nitrogen and oxygen atoms in total. The Morgan fingerprint density at radius 1 is 1.08 bits per heavy atom. The van der Waals surface area contributed by atoms with Crippen molar-refractivity contribution < 1.29 is 14.2 Å². The molecule has 5 heteroatoms. The minimum atomic E-state index is 0.204. The Kier molecular flexibility index (Phi) is 7.61. The molecular formula is C20H20INO3. The molecule has 0 amide bonds. The standard InChI is InChI=1S/C20H20INO3/c1-4-11-25-20-18(21)12-15(13-19(20)24-6-3)14-22-16-7-9-17(10-8-16)23-5-2/h1,7-10,12-14H,5-6,11H2,2-3H3. The van der Waals surface area contributed by atoms with Crippen LogP contribution < -0.4 is 14.2 Å². The zero-order chi connectivity index (χ0) is 18.1. The van der Waals surface area contributed by atoms with Gasteiger partial charge < -0.3 is 14.2 Å². The Hall–Kier alpha value is -2.20. The maximum atomic E-state index is 5.67. The van der Waals surface area contributed by atoms with Crippen molar-refractivity contribution in [2.75, 3.05) is 19.8 Å². The number of benzene rings is 2. The second kappa shape index (κ2) is 9.94. The SMILES string of the molecule is C#CCOc1c(I)cc(C=Nc2ccc(OCC)cc2)cc1OCC. The number of ether oxygens (including phenoxy) is 3. The Morgan fingerprint density at radius 3 is 2.44 bits per heavy atom. The maximum Gasteiger partial charge on any atom is 0.175 e. The molecule has 0 N–H and O–H groups in total. The highest BCUT2D eigenvalue weighted by Crippen LogP contribution is 2.34. The summed E-state index contributed by atoms with van der Waals surface area (Å²) in [4.78, 5) is 4.50. The molecule has 0 saturated heterocycles. The lowest BCUT2D eigenvalue weighted by Crippen LogP contribution is -2.02. The van der Waals surface area contributed by atoms with Crippen LogP contribution in [0.3, 0.4) is 0 Å². The number of nitrogens with zero attached hydrogens (tertiary/aromatic N) is 1. The first-order valence-corrected chi connectivity index (χ1v) is 9.05. The van der Waals surface area contributed by atoms with Gasteiger partial charge in [-0.1, -0.05) is 5.92 Å². The molecule has 0 aliphatic heterocycles. The quantitative estimate of drug-likeness (QED) is 0.329. The fraction of sp³-hybridized carbons (Fsp3) is 0.250. The topological polar surface area (TPSA) is 40.0 Å². The average Bonchev–Trinajstić information content (AvgIpc) is 2.61. The van der Waals surface area contributed by atoms with Gasteiger partial charge in [0, 0.05) is 6.21 Å². The molecule has 0 spiro atoms. The van der Waals surface area contributed by atoms with Crippen molar-refractivity contribution >= 4 is 34.5 Å². The summed E-state index contributed by atoms with van der Waals surface area (Å²) < 4.78 is 17.6. The highest BCUT2D eigenvalue weighted by molar-refractivity contribution is 14.1. The van der Waals surface area contributed by atoms with Crippen LogP contribution in [-0.4, -0.2) is 26.0 Å². The van der Waals surface area contributed by atoms with Crippen LogP contribution in [0, 0.1) is 15.9 Å². The third kappa shape index (κ3) is 5.68. The van der Waals surface area contributed by atoms with E-state index in [1.807, 2.05) is 50.2 Å². The van der Waals surface area contributed by atoms with Crippen molar-refractivity contribution in [2.45, 2.75) is 13.8 Å². The van der Waals surface area contributed by atoms with Gasteiger partial charge in [0.2, 0.25) is 0 Å². The van der Waals surface area contributed by atoms with Crippen LogP contribution in [0.4, 0.5) is 5.69 Å². The summed E-state index contributed by atoms with van der Waals surface area (Å²) in [6, 6.07) is 11.5. The number of hydrogen-bond donors (Lipinski definition) is 0. The summed E-state index contributed by atoms with van der Waals surface area (Å²) in [5.41, 5.74) is 1.78. The molecule has 0 aliphatic rings. The van der Waals surface area contributed by atoms with E-state index in [1.165, 1.54) is 0 Å². The molecule has 0 aromatic heterocycles. The van der Waals surface area contributed by atoms with Crippen LogP contribution in [0.25, 0.3) is 0 Å². The molecule has 2 aromatic carbocycles. The van der Waals surface area contributed by atoms with Crippen molar-refractivity contribution in [3.05, 3.63) is 45.5 Å². The maximum absolute atomic E-state index is 5.67. The van der Waals surface area contributed by atoms with Gasteiger partial charge >= 0.3 is 0 Å². The van der Waals surface area contributed by atoms with E-state index in [9.17, 15) is 0 Å². The third-order valence-electron chi connectivity index (χ3n) is 3.14. The zero-order valence-corrected chi connectivity index (χ0v) is 16.4. The first-order valence-electron chi connectivity index (χ1n) is 7.97. The Labute approximate surface area is 162 Å². The largest absolute Gasteiger partial charge is 0.494 e. The van der Waals surface area contributed by atoms with Gasteiger partial charge in [-0.25, -0.2) is 0 Å². The van der Waals surface area contributed by atoms with Crippen LogP contribution in [0.5, 0.6) is 17.2 Å². The van der Waals surface area contributed by atoms with Crippen molar-refractivity contribution in [3.8, 4) is 29.6 Å². The second-order valence-corrected chi connectivity index (χ2v) is 6.10. The highest BCUT2D eigenvalue weighted by atomic mass is 127. The minimum absolute atomic E-state index is 0.204. The molecule has 0 aliphatic carbocycles. The third-order valence-corrected chi connectivity index (χ3v) is 3.94. The molecule has 130 valence electrons. The van der Waals surface area contributed by atoms with Crippen LogP contribution in [0.2, 0.25) is 0 Å². The van der Waals surface area contributed by atoms with Crippen molar-refractivity contribution in [2.24, 2.45) is 4.99 Å². The van der Waals surface area contributed by atoms with Crippen molar-refractivity contribution in [1.82, 2.24) is 0 Å². The molecule has 0 saturated carbocycles. The molecule has 0 atom stereocenters. The minimum Gasteiger partial charge on any atom is -0.494 e. The summed E-state index contributed by atoms with van der Waals surface area (Å²) in [5, 5.41) is 0. The van der Waals surface area contributed by atoms with Gasteiger partial charge in [0.05, 0.1) is 22.5 Å². The Balaban J connectivity index is 2.22. The Bertz CT molecular complexity index is 764. The summed E-state index contributed by atoms with van der Waals surface area (Å²) in [6.45, 7) is 5.28. The molecule has 0 fully saturated rings. The highest BCUT2D eigenvalue weighted by Gasteiger charge is 2.11. The molecule has 2 aromatic rings. The molecule has 0 unspecified atom stereocenters. The van der Waals surface area contributed by atoms with E-state index in [4.69, 9.17) is 20.6 Å². The predicted molar refractivity (Wildman–Crippen MR) is 110 cm³/mol. The smallest absolute Gasteiger partial charge is 0.175 e. The molecule has 2 rings (SSSR count). The van der Waals surface area contributed by atoms with Crippen molar-refractivity contribution in [1.29, 1.82) is 0 Å². The normalized spacial score (nSPS) is 10.5. The number of hydrogen-bond acceptors (Lipinski definition) is 4. The Morgan fingerprint density at radius 2 is 1.80 bits per heavy atom. The van der Waals surface area contributed by atoms with E-state index in [0.717, 1.165) is 20.6 Å². The monoisotopic (exact) mass is 449 g/mol.